The van der Waals surface area contributed by atoms with E-state index in [0.29, 0.717) is 11.3 Å². The Kier molecular flexibility index (Phi) is 3.13. The molecule has 0 unspecified atom stereocenters. The third-order valence-corrected chi connectivity index (χ3v) is 1.94. The molecule has 0 saturated carbocycles. The van der Waals surface area contributed by atoms with E-state index in [2.05, 4.69) is 0 Å². The molecular weight excluding hydrogens is 196 g/mol. The first-order valence-corrected chi connectivity index (χ1v) is 4.16. The minimum absolute atomic E-state index is 0.195. The number of nitrogens with zero attached hydrogens (tertiary/aromatic N) is 1. The van der Waals surface area contributed by atoms with Crippen LogP contribution in [0.4, 0.5) is 5.69 Å². The number of anilines is 1. The van der Waals surface area contributed by atoms with Gasteiger partial charge in [-0.05, 0) is 17.7 Å². The molecule has 0 radical (unpaired) electrons. The first-order chi connectivity index (χ1) is 7.08. The lowest BCUT2D eigenvalue weighted by Gasteiger charge is -2.08. The zero-order valence-electron chi connectivity index (χ0n) is 8.15. The van der Waals surface area contributed by atoms with E-state index in [1.54, 1.807) is 0 Å². The van der Waals surface area contributed by atoms with Gasteiger partial charge in [0, 0.05) is 0 Å². The zero-order chi connectivity index (χ0) is 11.4. The van der Waals surface area contributed by atoms with Crippen LogP contribution in [0.25, 0.3) is 0 Å². The number of rotatable bonds is 3. The molecule has 0 heterocycles. The zero-order valence-corrected chi connectivity index (χ0v) is 8.15. The second-order valence-corrected chi connectivity index (χ2v) is 2.93. The van der Waals surface area contributed by atoms with Crippen molar-refractivity contribution >= 4 is 11.7 Å². The molecule has 1 rings (SSSR count). The van der Waals surface area contributed by atoms with Gasteiger partial charge < -0.3 is 15.6 Å². The highest BCUT2D eigenvalue weighted by atomic mass is 16.5. The van der Waals surface area contributed by atoms with E-state index in [1.807, 2.05) is 6.07 Å². The summed E-state index contributed by atoms with van der Waals surface area (Å²) in [5.41, 5.74) is 6.43. The highest BCUT2D eigenvalue weighted by molar-refractivity contribution is 5.75. The number of nitriles is 1. The van der Waals surface area contributed by atoms with Crippen LogP contribution in [0, 0.1) is 11.3 Å². The Morgan fingerprint density at radius 2 is 2.33 bits per heavy atom. The van der Waals surface area contributed by atoms with Crippen LogP contribution in [0.3, 0.4) is 0 Å². The van der Waals surface area contributed by atoms with Gasteiger partial charge in [0.2, 0.25) is 0 Å². The Morgan fingerprint density at radius 1 is 1.67 bits per heavy atom. The van der Waals surface area contributed by atoms with Crippen LogP contribution in [0.5, 0.6) is 5.75 Å². The number of carbonyl (C=O) groups is 1. The summed E-state index contributed by atoms with van der Waals surface area (Å²) in [6, 6.07) is 4.88. The first-order valence-electron chi connectivity index (χ1n) is 4.16. The number of hydrogen-bond donors (Lipinski definition) is 2. The smallest absolute Gasteiger partial charge is 0.307 e. The van der Waals surface area contributed by atoms with E-state index >= 15 is 0 Å². The number of carboxylic acids is 1. The van der Waals surface area contributed by atoms with Crippen molar-refractivity contribution in [2.45, 2.75) is 6.42 Å². The van der Waals surface area contributed by atoms with Crippen LogP contribution in [0.2, 0.25) is 0 Å². The SMILES string of the molecule is COc1cc(C#N)c(N)c(CC(=O)O)c1. The average Bonchev–Trinajstić information content (AvgIpc) is 2.20. The molecule has 1 aromatic rings. The molecular formula is C10H10N2O3. The molecule has 0 spiro atoms. The lowest BCUT2D eigenvalue weighted by atomic mass is 10.0. The highest BCUT2D eigenvalue weighted by Gasteiger charge is 2.11. The summed E-state index contributed by atoms with van der Waals surface area (Å²) in [6.07, 6.45) is -0.224. The van der Waals surface area contributed by atoms with E-state index in [0.717, 1.165) is 0 Å². The fraction of sp³-hybridized carbons (Fsp3) is 0.200. The van der Waals surface area contributed by atoms with E-state index in [9.17, 15) is 4.79 Å². The number of ether oxygens (including phenoxy) is 1. The molecule has 0 aromatic heterocycles. The molecule has 15 heavy (non-hydrogen) atoms. The number of benzene rings is 1. The summed E-state index contributed by atoms with van der Waals surface area (Å²) in [4.78, 5) is 10.5. The summed E-state index contributed by atoms with van der Waals surface area (Å²) in [7, 11) is 1.44. The number of carboxylic acid groups (broad SMARTS) is 1. The van der Waals surface area contributed by atoms with Crippen molar-refractivity contribution in [3.8, 4) is 11.8 Å². The van der Waals surface area contributed by atoms with Crippen molar-refractivity contribution in [3.63, 3.8) is 0 Å². The van der Waals surface area contributed by atoms with Crippen LogP contribution >= 0.6 is 0 Å². The maximum Gasteiger partial charge on any atom is 0.307 e. The third kappa shape index (κ3) is 2.38. The summed E-state index contributed by atoms with van der Waals surface area (Å²) in [6.45, 7) is 0. The van der Waals surface area contributed by atoms with Gasteiger partial charge in [0.05, 0.1) is 24.8 Å². The van der Waals surface area contributed by atoms with Crippen LogP contribution in [-0.4, -0.2) is 18.2 Å². The van der Waals surface area contributed by atoms with Gasteiger partial charge in [-0.1, -0.05) is 0 Å². The van der Waals surface area contributed by atoms with Gasteiger partial charge in [-0.15, -0.1) is 0 Å². The van der Waals surface area contributed by atoms with Crippen LogP contribution in [0.1, 0.15) is 11.1 Å². The molecule has 0 amide bonds. The fourth-order valence-corrected chi connectivity index (χ4v) is 1.20. The molecule has 1 aromatic carbocycles. The van der Waals surface area contributed by atoms with Crippen LogP contribution in [-0.2, 0) is 11.2 Å². The molecule has 0 aliphatic rings. The first kappa shape index (κ1) is 10.9. The monoisotopic (exact) mass is 206 g/mol. The normalized spacial score (nSPS) is 9.33. The highest BCUT2D eigenvalue weighted by Crippen LogP contribution is 2.24. The van der Waals surface area contributed by atoms with Crippen molar-refractivity contribution in [3.05, 3.63) is 23.3 Å². The number of nitrogens with two attached hydrogens (primary N) is 1. The minimum Gasteiger partial charge on any atom is -0.497 e. The summed E-state index contributed by atoms with van der Waals surface area (Å²) in [5, 5.41) is 17.4. The largest absolute Gasteiger partial charge is 0.497 e. The fourth-order valence-electron chi connectivity index (χ4n) is 1.20. The Bertz CT molecular complexity index is 435. The minimum atomic E-state index is -1.00. The number of aliphatic carboxylic acids is 1. The number of nitrogen functional groups attached to an aromatic ring is 1. The average molecular weight is 206 g/mol. The Hall–Kier alpha value is -2.22. The molecule has 0 aliphatic carbocycles. The van der Waals surface area contributed by atoms with Gasteiger partial charge >= 0.3 is 5.97 Å². The summed E-state index contributed by atoms with van der Waals surface area (Å²) >= 11 is 0. The predicted octanol–water partition coefficient (Wildman–Crippen LogP) is 0.776. The molecule has 0 bridgehead atoms. The lowest BCUT2D eigenvalue weighted by Crippen LogP contribution is -2.05. The van der Waals surface area contributed by atoms with Gasteiger partial charge in [-0.2, -0.15) is 5.26 Å². The Balaban J connectivity index is 3.25. The van der Waals surface area contributed by atoms with E-state index < -0.39 is 5.97 Å². The third-order valence-electron chi connectivity index (χ3n) is 1.94. The van der Waals surface area contributed by atoms with Crippen molar-refractivity contribution in [1.82, 2.24) is 0 Å². The molecule has 78 valence electrons. The van der Waals surface area contributed by atoms with Gasteiger partial charge in [-0.25, -0.2) is 0 Å². The van der Waals surface area contributed by atoms with Crippen molar-refractivity contribution in [1.29, 1.82) is 5.26 Å². The quantitative estimate of drug-likeness (QED) is 0.712. The number of methoxy groups -OCH3 is 1. The van der Waals surface area contributed by atoms with E-state index in [4.69, 9.17) is 20.8 Å². The molecule has 3 N–H and O–H groups in total. The van der Waals surface area contributed by atoms with Crippen LogP contribution in [0.15, 0.2) is 12.1 Å². The standard InChI is InChI=1S/C10H10N2O3/c1-15-8-2-6(4-9(13)14)10(12)7(3-8)5-11/h2-3H,4,12H2,1H3,(H,13,14). The lowest BCUT2D eigenvalue weighted by molar-refractivity contribution is -0.136. The summed E-state index contributed by atoms with van der Waals surface area (Å²) < 4.78 is 4.93. The summed E-state index contributed by atoms with van der Waals surface area (Å²) in [5.74, 6) is -0.573. The Morgan fingerprint density at radius 3 is 2.80 bits per heavy atom. The predicted molar refractivity (Wildman–Crippen MR) is 53.5 cm³/mol. The molecule has 0 aliphatic heterocycles. The Labute approximate surface area is 86.7 Å². The van der Waals surface area contributed by atoms with E-state index in [-0.39, 0.29) is 17.7 Å². The van der Waals surface area contributed by atoms with Crippen LogP contribution < -0.4 is 10.5 Å². The van der Waals surface area contributed by atoms with Gasteiger partial charge in [-0.3, -0.25) is 4.79 Å². The molecule has 0 fully saturated rings. The molecule has 0 atom stereocenters. The van der Waals surface area contributed by atoms with E-state index in [1.165, 1.54) is 19.2 Å². The molecule has 5 heteroatoms. The van der Waals surface area contributed by atoms with Gasteiger partial charge in [0.25, 0.3) is 0 Å². The van der Waals surface area contributed by atoms with Crippen molar-refractivity contribution in [2.75, 3.05) is 12.8 Å². The maximum atomic E-state index is 10.5. The van der Waals surface area contributed by atoms with Gasteiger partial charge in [0.1, 0.15) is 11.8 Å². The molecule has 5 nitrogen and oxygen atoms in total. The molecule has 0 saturated heterocycles. The number of hydrogen-bond acceptors (Lipinski definition) is 4. The topological polar surface area (TPSA) is 96.3 Å². The van der Waals surface area contributed by atoms with Crippen molar-refractivity contribution < 1.29 is 14.6 Å². The second-order valence-electron chi connectivity index (χ2n) is 2.93. The maximum absolute atomic E-state index is 10.5. The second kappa shape index (κ2) is 4.33. The van der Waals surface area contributed by atoms with Crippen molar-refractivity contribution in [2.24, 2.45) is 0 Å². The van der Waals surface area contributed by atoms with Gasteiger partial charge in [0.15, 0.2) is 0 Å².